The summed E-state index contributed by atoms with van der Waals surface area (Å²) in [5.74, 6) is -0.358. The topological polar surface area (TPSA) is 129 Å². The van der Waals surface area contributed by atoms with Crippen molar-refractivity contribution >= 4 is 33.4 Å². The summed E-state index contributed by atoms with van der Waals surface area (Å²) in [6, 6.07) is 7.61. The number of rotatable bonds is 5. The molecule has 1 aliphatic heterocycles. The van der Waals surface area contributed by atoms with Crippen molar-refractivity contribution in [3.8, 4) is 11.6 Å². The van der Waals surface area contributed by atoms with Gasteiger partial charge >= 0.3 is 0 Å². The Bertz CT molecular complexity index is 1420. The molecule has 0 radical (unpaired) electrons. The van der Waals surface area contributed by atoms with Crippen LogP contribution in [0.3, 0.4) is 0 Å². The van der Waals surface area contributed by atoms with Crippen molar-refractivity contribution in [1.29, 1.82) is 0 Å². The van der Waals surface area contributed by atoms with Gasteiger partial charge in [-0.25, -0.2) is 24.0 Å². The highest BCUT2D eigenvalue weighted by atomic mass is 32.2. The van der Waals surface area contributed by atoms with Gasteiger partial charge in [-0.2, -0.15) is 5.10 Å². The number of fused-ring (bicyclic) bond motifs is 1. The number of benzene rings is 1. The highest BCUT2D eigenvalue weighted by molar-refractivity contribution is 7.84. The van der Waals surface area contributed by atoms with Crippen LogP contribution in [0.2, 0.25) is 0 Å². The second-order valence-corrected chi connectivity index (χ2v) is 9.51. The van der Waals surface area contributed by atoms with Gasteiger partial charge in [0.15, 0.2) is 5.65 Å². The number of pyridine rings is 1. The van der Waals surface area contributed by atoms with Crippen LogP contribution in [-0.4, -0.2) is 65.2 Å². The summed E-state index contributed by atoms with van der Waals surface area (Å²) >= 11 is 0. The van der Waals surface area contributed by atoms with E-state index in [1.54, 1.807) is 23.1 Å². The molecular weight excluding hydrogens is 473 g/mol. The van der Waals surface area contributed by atoms with Crippen LogP contribution in [-0.2, 0) is 10.8 Å². The maximum Gasteiger partial charge on any atom is 0.272 e. The van der Waals surface area contributed by atoms with Crippen molar-refractivity contribution in [1.82, 2.24) is 29.6 Å². The number of nitrogen functional groups attached to an aromatic ring is 1. The van der Waals surface area contributed by atoms with Crippen LogP contribution in [0.25, 0.3) is 16.7 Å². The lowest BCUT2D eigenvalue weighted by molar-refractivity contribution is 0.0585. The molecule has 10 nitrogen and oxygen atoms in total. The summed E-state index contributed by atoms with van der Waals surface area (Å²) in [6.45, 7) is 1.03. The fraction of sp³-hybridized carbons (Fsp3) is 0.261. The first kappa shape index (κ1) is 22.8. The molecule has 35 heavy (non-hydrogen) atoms. The minimum Gasteiger partial charge on any atom is -0.474 e. The van der Waals surface area contributed by atoms with Gasteiger partial charge < -0.3 is 15.4 Å². The van der Waals surface area contributed by atoms with Gasteiger partial charge in [-0.3, -0.25) is 9.00 Å². The standard InChI is InChI=1S/C23H22FN7O3S/c1-35(33)16-3-5-20(18(24)10-16)31-21-17(12-29-31)22(28-13-27-21)34-15-6-8-30(9-7-15)23(32)19-4-2-14(25)11-26-19/h2-5,10-13,15H,6-9,25H2,1H3. The molecule has 4 aromatic rings. The molecule has 3 aromatic heterocycles. The molecule has 1 fully saturated rings. The van der Waals surface area contributed by atoms with E-state index in [1.807, 2.05) is 0 Å². The Balaban J connectivity index is 1.30. The largest absolute Gasteiger partial charge is 0.474 e. The highest BCUT2D eigenvalue weighted by Crippen LogP contribution is 2.27. The number of anilines is 1. The number of amides is 1. The second-order valence-electron chi connectivity index (χ2n) is 8.13. The van der Waals surface area contributed by atoms with Crippen LogP contribution in [0.5, 0.6) is 5.88 Å². The van der Waals surface area contributed by atoms with Crippen molar-refractivity contribution in [3.05, 3.63) is 60.6 Å². The fourth-order valence-corrected chi connectivity index (χ4v) is 4.49. The Labute approximate surface area is 202 Å². The van der Waals surface area contributed by atoms with Crippen LogP contribution in [0.1, 0.15) is 23.3 Å². The molecule has 1 saturated heterocycles. The van der Waals surface area contributed by atoms with E-state index >= 15 is 0 Å². The first-order chi connectivity index (χ1) is 16.9. The molecule has 1 amide bonds. The van der Waals surface area contributed by atoms with Crippen LogP contribution in [0.15, 0.2) is 53.9 Å². The molecule has 1 aliphatic rings. The molecule has 0 aliphatic carbocycles. The zero-order valence-electron chi connectivity index (χ0n) is 18.8. The minimum absolute atomic E-state index is 0.144. The molecule has 1 aromatic carbocycles. The molecule has 12 heteroatoms. The van der Waals surface area contributed by atoms with E-state index in [-0.39, 0.29) is 17.7 Å². The van der Waals surface area contributed by atoms with Gasteiger partial charge in [-0.15, -0.1) is 0 Å². The summed E-state index contributed by atoms with van der Waals surface area (Å²) in [4.78, 5) is 27.4. The molecule has 180 valence electrons. The van der Waals surface area contributed by atoms with Gasteiger partial charge in [0.2, 0.25) is 5.88 Å². The number of carbonyl (C=O) groups excluding carboxylic acids is 1. The van der Waals surface area contributed by atoms with E-state index < -0.39 is 16.6 Å². The molecule has 0 bridgehead atoms. The smallest absolute Gasteiger partial charge is 0.272 e. The summed E-state index contributed by atoms with van der Waals surface area (Å²) < 4.78 is 33.8. The van der Waals surface area contributed by atoms with Gasteiger partial charge in [0, 0.05) is 47.9 Å². The number of nitrogens with zero attached hydrogens (tertiary/aromatic N) is 6. The van der Waals surface area contributed by atoms with Gasteiger partial charge in [-0.05, 0) is 30.3 Å². The van der Waals surface area contributed by atoms with Gasteiger partial charge in [0.05, 0.1) is 18.1 Å². The van der Waals surface area contributed by atoms with Crippen molar-refractivity contribution in [2.24, 2.45) is 0 Å². The molecule has 1 unspecified atom stereocenters. The normalized spacial score (nSPS) is 15.3. The summed E-state index contributed by atoms with van der Waals surface area (Å²) in [5, 5.41) is 4.82. The number of nitrogens with two attached hydrogens (primary N) is 1. The number of carbonyl (C=O) groups is 1. The maximum atomic E-state index is 14.7. The molecular formula is C23H22FN7O3S. The minimum atomic E-state index is -1.30. The lowest BCUT2D eigenvalue weighted by atomic mass is 10.1. The quantitative estimate of drug-likeness (QED) is 0.447. The SMILES string of the molecule is CS(=O)c1ccc(-n2ncc3c(OC4CCN(C(=O)c5ccc(N)cn5)CC4)ncnc32)c(F)c1. The zero-order chi connectivity index (χ0) is 24.5. The summed E-state index contributed by atoms with van der Waals surface area (Å²) in [7, 11) is -1.30. The predicted octanol–water partition coefficient (Wildman–Crippen LogP) is 2.35. The predicted molar refractivity (Wildman–Crippen MR) is 127 cm³/mol. The molecule has 2 N–H and O–H groups in total. The van der Waals surface area contributed by atoms with Gasteiger partial charge in [0.1, 0.15) is 35.0 Å². The third kappa shape index (κ3) is 4.56. The molecule has 0 spiro atoms. The average Bonchev–Trinajstić information content (AvgIpc) is 3.29. The first-order valence-electron chi connectivity index (χ1n) is 10.9. The molecule has 4 heterocycles. The number of piperidine rings is 1. The van der Waals surface area contributed by atoms with Crippen LogP contribution >= 0.6 is 0 Å². The summed E-state index contributed by atoms with van der Waals surface area (Å²) in [6.07, 6.45) is 6.90. The Hall–Kier alpha value is -3.93. The lowest BCUT2D eigenvalue weighted by Crippen LogP contribution is -2.42. The third-order valence-corrected chi connectivity index (χ3v) is 6.74. The van der Waals surface area contributed by atoms with E-state index in [4.69, 9.17) is 10.5 Å². The van der Waals surface area contributed by atoms with Crippen LogP contribution in [0, 0.1) is 5.82 Å². The molecule has 5 rings (SSSR count). The van der Waals surface area contributed by atoms with E-state index in [0.717, 1.165) is 0 Å². The number of aromatic nitrogens is 5. The van der Waals surface area contributed by atoms with Gasteiger partial charge in [0.25, 0.3) is 5.91 Å². The number of hydrogen-bond acceptors (Lipinski definition) is 8. The Kier molecular flexibility index (Phi) is 6.12. The fourth-order valence-electron chi connectivity index (χ4n) is 3.96. The van der Waals surface area contributed by atoms with E-state index in [0.29, 0.717) is 59.1 Å². The van der Waals surface area contributed by atoms with Crippen molar-refractivity contribution in [2.45, 2.75) is 23.8 Å². The van der Waals surface area contributed by atoms with Crippen molar-refractivity contribution < 1.29 is 18.1 Å². The summed E-state index contributed by atoms with van der Waals surface area (Å²) in [5.41, 5.74) is 7.08. The van der Waals surface area contributed by atoms with E-state index in [1.165, 1.54) is 41.8 Å². The molecule has 1 atom stereocenters. The Morgan fingerprint density at radius 1 is 1.14 bits per heavy atom. The zero-order valence-corrected chi connectivity index (χ0v) is 19.6. The Morgan fingerprint density at radius 2 is 1.94 bits per heavy atom. The highest BCUT2D eigenvalue weighted by Gasteiger charge is 2.26. The van der Waals surface area contributed by atoms with Gasteiger partial charge in [-0.1, -0.05) is 0 Å². The monoisotopic (exact) mass is 495 g/mol. The van der Waals surface area contributed by atoms with Crippen molar-refractivity contribution in [3.63, 3.8) is 0 Å². The molecule has 0 saturated carbocycles. The number of likely N-dealkylation sites (tertiary alicyclic amines) is 1. The van der Waals surface area contributed by atoms with E-state index in [9.17, 15) is 13.4 Å². The van der Waals surface area contributed by atoms with Crippen molar-refractivity contribution in [2.75, 3.05) is 25.1 Å². The van der Waals surface area contributed by atoms with Crippen LogP contribution < -0.4 is 10.5 Å². The number of ether oxygens (including phenoxy) is 1. The number of halogens is 1. The average molecular weight is 496 g/mol. The van der Waals surface area contributed by atoms with Crippen LogP contribution in [0.4, 0.5) is 10.1 Å². The maximum absolute atomic E-state index is 14.7. The van der Waals surface area contributed by atoms with E-state index in [2.05, 4.69) is 20.1 Å². The first-order valence-corrected chi connectivity index (χ1v) is 12.5. The third-order valence-electron chi connectivity index (χ3n) is 5.82. The lowest BCUT2D eigenvalue weighted by Gasteiger charge is -2.31. The second kappa shape index (κ2) is 9.37. The number of hydrogen-bond donors (Lipinski definition) is 1. The Morgan fingerprint density at radius 3 is 2.63 bits per heavy atom.